The first-order chi connectivity index (χ1) is 17.4. The van der Waals surface area contributed by atoms with Gasteiger partial charge in [-0.2, -0.15) is 0 Å². The van der Waals surface area contributed by atoms with Crippen molar-refractivity contribution >= 4 is 0 Å². The van der Waals surface area contributed by atoms with E-state index >= 15 is 0 Å². The maximum absolute atomic E-state index is 2.43. The third-order valence-corrected chi connectivity index (χ3v) is 7.85. The van der Waals surface area contributed by atoms with E-state index in [0.717, 1.165) is 0 Å². The molecule has 4 bridgehead atoms. The van der Waals surface area contributed by atoms with Crippen LogP contribution in [0.1, 0.15) is 133 Å². The SMILES string of the molecule is [I-].[I-].c1cc2c[n+](c1)CCCCCCCCCCCCCc1ccc[n+](c1)CCCCCCCCCC2. The summed E-state index contributed by atoms with van der Waals surface area (Å²) in [5.74, 6) is 0. The van der Waals surface area contributed by atoms with Gasteiger partial charge in [0.15, 0.2) is 24.8 Å². The average molecular weight is 733 g/mol. The zero-order chi connectivity index (χ0) is 24.2. The van der Waals surface area contributed by atoms with E-state index < -0.39 is 0 Å². The summed E-state index contributed by atoms with van der Waals surface area (Å²) >= 11 is 0. The predicted molar refractivity (Wildman–Crippen MR) is 148 cm³/mol. The second-order valence-electron chi connectivity index (χ2n) is 11.1. The summed E-state index contributed by atoms with van der Waals surface area (Å²) < 4.78 is 4.86. The minimum Gasteiger partial charge on any atom is -1.00 e. The van der Waals surface area contributed by atoms with Crippen LogP contribution in [0.3, 0.4) is 0 Å². The van der Waals surface area contributed by atoms with Crippen molar-refractivity contribution in [3.63, 3.8) is 0 Å². The van der Waals surface area contributed by atoms with Crippen LogP contribution in [0.2, 0.25) is 0 Å². The normalized spacial score (nSPS) is 18.6. The Morgan fingerprint density at radius 3 is 1.03 bits per heavy atom. The molecular formula is C33H54I2N2. The van der Waals surface area contributed by atoms with Crippen molar-refractivity contribution in [3.8, 4) is 0 Å². The Kier molecular flexibility index (Phi) is 22.2. The summed E-state index contributed by atoms with van der Waals surface area (Å²) in [6, 6.07) is 9.16. The maximum Gasteiger partial charge on any atom is 0.171 e. The summed E-state index contributed by atoms with van der Waals surface area (Å²) in [7, 11) is 0. The molecule has 0 saturated carbocycles. The lowest BCUT2D eigenvalue weighted by Crippen LogP contribution is -3.00. The van der Waals surface area contributed by atoms with E-state index in [9.17, 15) is 0 Å². The highest BCUT2D eigenvalue weighted by atomic mass is 127. The summed E-state index contributed by atoms with van der Waals surface area (Å²) in [6.07, 6.45) is 38.4. The largest absolute Gasteiger partial charge is 1.00 e. The molecule has 0 amide bonds. The number of fused-ring (bicyclic) bond motifs is 4. The number of aryl methyl sites for hydroxylation is 4. The first-order valence-corrected chi connectivity index (χ1v) is 15.4. The van der Waals surface area contributed by atoms with Crippen molar-refractivity contribution in [1.29, 1.82) is 0 Å². The molecule has 0 saturated heterocycles. The Balaban J connectivity index is 0.00000342. The Hall–Kier alpha value is -0.240. The van der Waals surface area contributed by atoms with Gasteiger partial charge in [0.25, 0.3) is 0 Å². The fourth-order valence-electron chi connectivity index (χ4n) is 5.63. The first-order valence-electron chi connectivity index (χ1n) is 15.4. The van der Waals surface area contributed by atoms with Gasteiger partial charge in [-0.1, -0.05) is 83.5 Å². The molecule has 3 heterocycles. The molecule has 3 rings (SSSR count). The first kappa shape index (κ1) is 34.8. The van der Waals surface area contributed by atoms with Crippen molar-refractivity contribution in [2.45, 2.75) is 148 Å². The van der Waals surface area contributed by atoms with E-state index in [1.807, 2.05) is 0 Å². The van der Waals surface area contributed by atoms with Crippen LogP contribution in [-0.4, -0.2) is 0 Å². The van der Waals surface area contributed by atoms with Gasteiger partial charge in [0.1, 0.15) is 13.1 Å². The number of aromatic nitrogens is 2. The predicted octanol–water partition coefficient (Wildman–Crippen LogP) is 2.48. The van der Waals surface area contributed by atoms with Crippen LogP contribution < -0.4 is 57.1 Å². The molecule has 0 aliphatic carbocycles. The molecule has 0 fully saturated rings. The number of rotatable bonds is 0. The highest BCUT2D eigenvalue weighted by molar-refractivity contribution is 5.05. The topological polar surface area (TPSA) is 7.76 Å². The highest BCUT2D eigenvalue weighted by Gasteiger charge is 2.05. The van der Waals surface area contributed by atoms with Gasteiger partial charge in [-0.25, -0.2) is 9.13 Å². The average Bonchev–Trinajstić information content (AvgIpc) is 2.88. The Bertz CT molecular complexity index is 730. The van der Waals surface area contributed by atoms with Crippen molar-refractivity contribution in [2.75, 3.05) is 0 Å². The molecule has 0 spiro atoms. The van der Waals surface area contributed by atoms with Crippen LogP contribution in [0.5, 0.6) is 0 Å². The Morgan fingerprint density at radius 2 is 0.676 bits per heavy atom. The van der Waals surface area contributed by atoms with Crippen molar-refractivity contribution in [2.24, 2.45) is 0 Å². The third kappa shape index (κ3) is 17.1. The fourth-order valence-corrected chi connectivity index (χ4v) is 5.63. The fraction of sp³-hybridized carbons (Fsp3) is 0.697. The molecule has 210 valence electrons. The van der Waals surface area contributed by atoms with E-state index in [1.165, 1.54) is 159 Å². The molecule has 37 heavy (non-hydrogen) atoms. The second-order valence-corrected chi connectivity index (χ2v) is 11.1. The molecule has 2 aromatic heterocycles. The van der Waals surface area contributed by atoms with E-state index in [-0.39, 0.29) is 48.0 Å². The molecule has 0 radical (unpaired) electrons. The van der Waals surface area contributed by atoms with E-state index in [1.54, 1.807) is 0 Å². The minimum absolute atomic E-state index is 0. The van der Waals surface area contributed by atoms with Crippen molar-refractivity contribution < 1.29 is 57.1 Å². The maximum atomic E-state index is 2.43. The van der Waals surface area contributed by atoms with Gasteiger partial charge in [-0.15, -0.1) is 0 Å². The molecule has 0 N–H and O–H groups in total. The van der Waals surface area contributed by atoms with Crippen LogP contribution >= 0.6 is 0 Å². The number of hydrogen-bond donors (Lipinski definition) is 0. The van der Waals surface area contributed by atoms with Crippen molar-refractivity contribution in [1.82, 2.24) is 0 Å². The van der Waals surface area contributed by atoms with Gasteiger partial charge >= 0.3 is 0 Å². The number of hydrogen-bond acceptors (Lipinski definition) is 0. The van der Waals surface area contributed by atoms with E-state index in [2.05, 4.69) is 58.2 Å². The number of pyridine rings is 2. The van der Waals surface area contributed by atoms with Gasteiger partial charge in [0.05, 0.1) is 0 Å². The molecule has 4 heteroatoms. The smallest absolute Gasteiger partial charge is 0.171 e. The third-order valence-electron chi connectivity index (χ3n) is 7.85. The quantitative estimate of drug-likeness (QED) is 0.291. The second kappa shape index (κ2) is 23.6. The zero-order valence-corrected chi connectivity index (χ0v) is 27.8. The van der Waals surface area contributed by atoms with Crippen LogP contribution in [0.4, 0.5) is 0 Å². The van der Waals surface area contributed by atoms with Gasteiger partial charge in [0, 0.05) is 36.1 Å². The zero-order valence-electron chi connectivity index (χ0n) is 23.5. The van der Waals surface area contributed by atoms with Gasteiger partial charge < -0.3 is 48.0 Å². The van der Waals surface area contributed by atoms with E-state index in [0.29, 0.717) is 0 Å². The molecule has 0 atom stereocenters. The van der Waals surface area contributed by atoms with Crippen LogP contribution in [0.25, 0.3) is 0 Å². The van der Waals surface area contributed by atoms with Crippen LogP contribution in [0, 0.1) is 0 Å². The molecule has 1 aliphatic rings. The molecule has 1 aliphatic heterocycles. The Morgan fingerprint density at radius 1 is 0.378 bits per heavy atom. The number of nitrogens with zero attached hydrogens (tertiary/aromatic N) is 2. The molecule has 0 aromatic carbocycles. The van der Waals surface area contributed by atoms with Crippen molar-refractivity contribution in [3.05, 3.63) is 60.2 Å². The van der Waals surface area contributed by atoms with E-state index in [4.69, 9.17) is 0 Å². The monoisotopic (exact) mass is 732 g/mol. The van der Waals surface area contributed by atoms with Crippen LogP contribution in [-0.2, 0) is 25.9 Å². The standard InChI is InChI=1S/C33H54N2.2HI/c1-2-4-8-12-16-22-32-24-20-29-35(30-32)27-19-15-11-7-5-9-13-17-23-33-25-21-28-34(31-33)26-18-14-10-6-3-1;;/h20-21,24-25,28-31H,1-19,22-23,26-27H2;2*1H/q+2;;/p-2. The van der Waals surface area contributed by atoms with Gasteiger partial charge in [0.2, 0.25) is 0 Å². The van der Waals surface area contributed by atoms with Gasteiger partial charge in [-0.3, -0.25) is 0 Å². The van der Waals surface area contributed by atoms with Gasteiger partial charge in [-0.05, 0) is 50.7 Å². The lowest BCUT2D eigenvalue weighted by Gasteiger charge is -2.04. The van der Waals surface area contributed by atoms with Crippen LogP contribution in [0.15, 0.2) is 49.1 Å². The Labute approximate surface area is 263 Å². The summed E-state index contributed by atoms with van der Waals surface area (Å²) in [4.78, 5) is 0. The summed E-state index contributed by atoms with van der Waals surface area (Å²) in [6.45, 7) is 2.38. The summed E-state index contributed by atoms with van der Waals surface area (Å²) in [5, 5.41) is 0. The lowest BCUT2D eigenvalue weighted by atomic mass is 10.0. The highest BCUT2D eigenvalue weighted by Crippen LogP contribution is 2.14. The molecule has 0 unspecified atom stereocenters. The molecule has 2 aromatic rings. The molecular weight excluding hydrogens is 678 g/mol. The number of halogens is 2. The lowest BCUT2D eigenvalue weighted by molar-refractivity contribution is -0.697. The molecule has 2 nitrogen and oxygen atoms in total. The summed E-state index contributed by atoms with van der Waals surface area (Å²) in [5.41, 5.74) is 3.05. The minimum atomic E-state index is 0.